The van der Waals surface area contributed by atoms with E-state index in [1.165, 1.54) is 157 Å². The van der Waals surface area contributed by atoms with Crippen LogP contribution >= 0.6 is 0 Å². The van der Waals surface area contributed by atoms with Crippen LogP contribution in [0.5, 0.6) is 0 Å². The van der Waals surface area contributed by atoms with Crippen molar-refractivity contribution in [1.82, 2.24) is 0 Å². The van der Waals surface area contributed by atoms with Gasteiger partial charge in [0.2, 0.25) is 0 Å². The molecule has 0 bridgehead atoms. The molecule has 0 N–H and O–H groups in total. The zero-order valence-corrected chi connectivity index (χ0v) is 25.9. The van der Waals surface area contributed by atoms with Crippen LogP contribution in [-0.2, 0) is 10.8 Å². The van der Waals surface area contributed by atoms with Crippen LogP contribution in [0.15, 0.2) is 78.9 Å². The molecule has 0 saturated carbocycles. The van der Waals surface area contributed by atoms with Gasteiger partial charge in [0.25, 0.3) is 0 Å². The quantitative estimate of drug-likeness (QED) is 0.157. The fraction of sp³-hybridized carbons (Fsp3) is 0.0625. The van der Waals surface area contributed by atoms with Crippen LogP contribution in [0, 0.1) is 6.92 Å². The SMILES string of the molecule is Cc1ccc2c(c1)C(=O)C13C4=c5ccc6c7ccc8c9ccc%10c%11ccc%12c%13c(c%14c%15c1c5c6c1c7c8c5c9c%10c(c%13%11)c%14c5c%151)C23C=%12C=C4. The number of Topliss-reactive ketones (excluding diaryl/α,β-unsaturated/α-hetero) is 1. The van der Waals surface area contributed by atoms with Crippen LogP contribution < -0.4 is 10.4 Å². The molecule has 1 heteroatoms. The second-order valence-corrected chi connectivity index (χ2v) is 16.4. The molecule has 214 valence electrons. The highest BCUT2D eigenvalue weighted by molar-refractivity contribution is 6.64. The molecule has 18 rings (SSSR count). The van der Waals surface area contributed by atoms with Crippen LogP contribution in [0.25, 0.3) is 130 Å². The Morgan fingerprint density at radius 1 is 0.408 bits per heavy atom. The summed E-state index contributed by atoms with van der Waals surface area (Å²) >= 11 is 0. The summed E-state index contributed by atoms with van der Waals surface area (Å²) in [4.78, 5) is 16.0. The molecule has 0 heterocycles. The smallest absolute Gasteiger partial charge is 0.179 e. The number of hydrogen-bond acceptors (Lipinski definition) is 1. The predicted molar refractivity (Wildman–Crippen MR) is 202 cm³/mol. The second-order valence-electron chi connectivity index (χ2n) is 16.4. The van der Waals surface area contributed by atoms with E-state index in [-0.39, 0.29) is 0 Å². The van der Waals surface area contributed by atoms with E-state index in [2.05, 4.69) is 85.8 Å². The Kier molecular flexibility index (Phi) is 2.28. The topological polar surface area (TPSA) is 17.1 Å². The standard InChI is InChI=1S/C48H16O/c1-15-2-11-27-24(14-15)46(49)48-26-13-12-25-22-9-7-20-18-5-3-16-17-4-6-19-21-8-10-23(26)35-33(21)38-31(19)29(17)36-28(16)30(18)37-32(20)34(22)44(47(25,27)48)42-40(37)39(36)41(38)43(42)45(35)48/h2-14H,1H3. The van der Waals surface area contributed by atoms with Gasteiger partial charge in [0.1, 0.15) is 5.41 Å². The molecule has 2 unspecified atom stereocenters. The van der Waals surface area contributed by atoms with Gasteiger partial charge >= 0.3 is 0 Å². The molecule has 2 atom stereocenters. The maximum Gasteiger partial charge on any atom is 0.179 e. The monoisotopic (exact) mass is 608 g/mol. The minimum atomic E-state index is -0.811. The number of ketones is 1. The van der Waals surface area contributed by atoms with E-state index < -0.39 is 10.8 Å². The van der Waals surface area contributed by atoms with Gasteiger partial charge in [-0.1, -0.05) is 78.4 Å². The Hall–Kier alpha value is -6.05. The lowest BCUT2D eigenvalue weighted by atomic mass is 9.48. The normalized spacial score (nSPS) is 23.2. The molecule has 0 aliphatic heterocycles. The molecule has 5 aliphatic rings. The van der Waals surface area contributed by atoms with Gasteiger partial charge in [0, 0.05) is 5.56 Å². The van der Waals surface area contributed by atoms with Crippen molar-refractivity contribution in [3.8, 4) is 0 Å². The van der Waals surface area contributed by atoms with Gasteiger partial charge in [0.15, 0.2) is 5.78 Å². The summed E-state index contributed by atoms with van der Waals surface area (Å²) in [6.07, 6.45) is 4.82. The highest BCUT2D eigenvalue weighted by Crippen LogP contribution is 2.77. The van der Waals surface area contributed by atoms with Crippen molar-refractivity contribution in [2.75, 3.05) is 0 Å². The first-order valence-electron chi connectivity index (χ1n) is 17.7. The molecule has 0 radical (unpaired) electrons. The number of aryl methyl sites for hydroxylation is 1. The van der Waals surface area contributed by atoms with Gasteiger partial charge in [-0.15, -0.1) is 0 Å². The van der Waals surface area contributed by atoms with Crippen LogP contribution in [0.4, 0.5) is 0 Å². The van der Waals surface area contributed by atoms with Crippen molar-refractivity contribution >= 4 is 135 Å². The summed E-state index contributed by atoms with van der Waals surface area (Å²) < 4.78 is 0. The Labute approximate surface area is 274 Å². The largest absolute Gasteiger partial charge is 0.293 e. The fourth-order valence-electron chi connectivity index (χ4n) is 14.6. The van der Waals surface area contributed by atoms with Gasteiger partial charge in [-0.25, -0.2) is 0 Å². The maximum atomic E-state index is 16.0. The molecule has 0 amide bonds. The molecular weight excluding hydrogens is 593 g/mol. The lowest BCUT2D eigenvalue weighted by molar-refractivity contribution is 0.0922. The van der Waals surface area contributed by atoms with Crippen LogP contribution in [0.1, 0.15) is 32.6 Å². The average Bonchev–Trinajstić information content (AvgIpc) is 3.95. The van der Waals surface area contributed by atoms with E-state index in [1.54, 1.807) is 0 Å². The Bertz CT molecular complexity index is 4120. The summed E-state index contributed by atoms with van der Waals surface area (Å²) in [5, 5.41) is 34.1. The lowest BCUT2D eigenvalue weighted by Gasteiger charge is -2.50. The van der Waals surface area contributed by atoms with E-state index in [0.717, 1.165) is 11.1 Å². The minimum Gasteiger partial charge on any atom is -0.293 e. The van der Waals surface area contributed by atoms with E-state index in [9.17, 15) is 0 Å². The minimum absolute atomic E-state index is 0.310. The molecule has 0 saturated heterocycles. The molecule has 0 aromatic heterocycles. The molecule has 5 aliphatic carbocycles. The van der Waals surface area contributed by atoms with Crippen molar-refractivity contribution < 1.29 is 4.79 Å². The number of carbonyl (C=O) groups is 1. The molecule has 0 fully saturated rings. The second kappa shape index (κ2) is 5.32. The summed E-state index contributed by atoms with van der Waals surface area (Å²) in [6, 6.07) is 26.2. The third-order valence-corrected chi connectivity index (χ3v) is 15.5. The lowest BCUT2D eigenvalue weighted by Crippen LogP contribution is -2.53. The van der Waals surface area contributed by atoms with Crippen LogP contribution in [0.2, 0.25) is 0 Å². The molecule has 13 aromatic rings. The van der Waals surface area contributed by atoms with Gasteiger partial charge in [-0.3, -0.25) is 4.79 Å². The highest BCUT2D eigenvalue weighted by Gasteiger charge is 2.74. The van der Waals surface area contributed by atoms with Crippen molar-refractivity contribution in [3.63, 3.8) is 0 Å². The predicted octanol–water partition coefficient (Wildman–Crippen LogP) is 9.81. The van der Waals surface area contributed by atoms with Crippen molar-refractivity contribution in [2.24, 2.45) is 0 Å². The van der Waals surface area contributed by atoms with Crippen molar-refractivity contribution in [1.29, 1.82) is 0 Å². The Morgan fingerprint density at radius 3 is 1.35 bits per heavy atom. The highest BCUT2D eigenvalue weighted by atomic mass is 16.1. The molecule has 13 aromatic carbocycles. The summed E-state index contributed by atoms with van der Waals surface area (Å²) in [5.74, 6) is 0.310. The Balaban J connectivity index is 1.39. The Morgan fingerprint density at radius 2 is 0.816 bits per heavy atom. The maximum absolute atomic E-state index is 16.0. The number of fused-ring (bicyclic) bond motifs is 4. The molecule has 49 heavy (non-hydrogen) atoms. The summed E-state index contributed by atoms with van der Waals surface area (Å²) in [5.41, 5.74) is 7.25. The summed E-state index contributed by atoms with van der Waals surface area (Å²) in [6.45, 7) is 2.15. The first kappa shape index (κ1) is 21.0. The fourth-order valence-corrected chi connectivity index (χ4v) is 14.6. The van der Waals surface area contributed by atoms with E-state index in [0.29, 0.717) is 5.78 Å². The van der Waals surface area contributed by atoms with Crippen LogP contribution in [0.3, 0.4) is 0 Å². The van der Waals surface area contributed by atoms with Crippen molar-refractivity contribution in [3.05, 3.63) is 117 Å². The number of rotatable bonds is 0. The third kappa shape index (κ3) is 1.37. The van der Waals surface area contributed by atoms with Gasteiger partial charge in [0.05, 0.1) is 5.41 Å². The number of carbonyl (C=O) groups excluding carboxylic acids is 1. The molecule has 1 nitrogen and oxygen atoms in total. The third-order valence-electron chi connectivity index (χ3n) is 15.5. The van der Waals surface area contributed by atoms with Gasteiger partial charge in [-0.2, -0.15) is 0 Å². The average molecular weight is 609 g/mol. The summed E-state index contributed by atoms with van der Waals surface area (Å²) in [7, 11) is 0. The van der Waals surface area contributed by atoms with E-state index in [4.69, 9.17) is 0 Å². The zero-order valence-electron chi connectivity index (χ0n) is 25.9. The zero-order chi connectivity index (χ0) is 30.7. The molecule has 2 spiro atoms. The van der Waals surface area contributed by atoms with Crippen LogP contribution in [-0.4, -0.2) is 5.78 Å². The number of allylic oxidation sites excluding steroid dienone is 2. The number of hydrogen-bond donors (Lipinski definition) is 0. The first-order chi connectivity index (χ1) is 24.2. The molecular formula is C48H16O. The van der Waals surface area contributed by atoms with E-state index in [1.807, 2.05) is 0 Å². The van der Waals surface area contributed by atoms with Gasteiger partial charge < -0.3 is 0 Å². The van der Waals surface area contributed by atoms with Gasteiger partial charge in [-0.05, 0) is 170 Å². The van der Waals surface area contributed by atoms with E-state index >= 15 is 4.79 Å². The first-order valence-corrected chi connectivity index (χ1v) is 17.7. The van der Waals surface area contributed by atoms with Crippen molar-refractivity contribution in [2.45, 2.75) is 17.8 Å². The number of benzene rings is 9.